The highest BCUT2D eigenvalue weighted by atomic mass is 32.2. The zero-order chi connectivity index (χ0) is 15.9. The lowest BCUT2D eigenvalue weighted by Gasteiger charge is -2.33. The number of hydrogen-bond donors (Lipinski definition) is 2. The van der Waals surface area contributed by atoms with Crippen molar-refractivity contribution in [3.05, 3.63) is 0 Å². The number of hydrogen-bond acceptors (Lipinski definition) is 3. The first-order valence-corrected chi connectivity index (χ1v) is 9.69. The Balaban J connectivity index is 2.48. The van der Waals surface area contributed by atoms with Gasteiger partial charge in [0.2, 0.25) is 0 Å². The third-order valence-corrected chi connectivity index (χ3v) is 5.87. The minimum atomic E-state index is -3.36. The summed E-state index contributed by atoms with van der Waals surface area (Å²) in [4.78, 5) is 0. The van der Waals surface area contributed by atoms with E-state index in [1.54, 1.807) is 4.31 Å². The first-order valence-electron chi connectivity index (χ1n) is 8.25. The van der Waals surface area contributed by atoms with Crippen molar-refractivity contribution in [2.45, 2.75) is 59.3 Å². The van der Waals surface area contributed by atoms with E-state index in [-0.39, 0.29) is 5.41 Å². The fourth-order valence-electron chi connectivity index (χ4n) is 2.76. The largest absolute Gasteiger partial charge is 0.330 e. The standard InChI is InChI=1S/C15H33N3O2S/c1-4-5-6-9-15(2,3)13-17-21(19,20)18-10-7-8-14(11-16)12-18/h14,17H,4-13,16H2,1-3H3. The molecule has 1 fully saturated rings. The lowest BCUT2D eigenvalue weighted by molar-refractivity contribution is 0.263. The summed E-state index contributed by atoms with van der Waals surface area (Å²) in [7, 11) is -3.36. The molecule has 0 amide bonds. The third-order valence-electron chi connectivity index (χ3n) is 4.35. The SMILES string of the molecule is CCCCCC(C)(C)CNS(=O)(=O)N1CCCC(CN)C1. The molecule has 1 rings (SSSR count). The van der Waals surface area contributed by atoms with Gasteiger partial charge in [-0.2, -0.15) is 12.7 Å². The Kier molecular flexibility index (Phi) is 7.60. The van der Waals surface area contributed by atoms with Crippen LogP contribution in [0.4, 0.5) is 0 Å². The van der Waals surface area contributed by atoms with Gasteiger partial charge in [-0.25, -0.2) is 4.72 Å². The average molecular weight is 320 g/mol. The minimum Gasteiger partial charge on any atom is -0.330 e. The predicted molar refractivity (Wildman–Crippen MR) is 88.2 cm³/mol. The Morgan fingerprint density at radius 3 is 2.67 bits per heavy atom. The molecule has 0 aromatic rings. The monoisotopic (exact) mass is 319 g/mol. The van der Waals surface area contributed by atoms with E-state index in [4.69, 9.17) is 5.73 Å². The van der Waals surface area contributed by atoms with Crippen molar-refractivity contribution in [2.24, 2.45) is 17.1 Å². The van der Waals surface area contributed by atoms with Crippen LogP contribution in [0.15, 0.2) is 0 Å². The Hall–Kier alpha value is -0.170. The molecule has 6 heteroatoms. The summed E-state index contributed by atoms with van der Waals surface area (Å²) in [6.07, 6.45) is 6.54. The Morgan fingerprint density at radius 2 is 2.05 bits per heavy atom. The second-order valence-electron chi connectivity index (χ2n) is 7.05. The van der Waals surface area contributed by atoms with E-state index in [0.717, 1.165) is 25.7 Å². The van der Waals surface area contributed by atoms with Crippen molar-refractivity contribution < 1.29 is 8.42 Å². The molecule has 1 atom stereocenters. The number of unbranched alkanes of at least 4 members (excludes halogenated alkanes) is 2. The van der Waals surface area contributed by atoms with Crippen LogP contribution >= 0.6 is 0 Å². The molecule has 1 aliphatic heterocycles. The molecule has 21 heavy (non-hydrogen) atoms. The van der Waals surface area contributed by atoms with E-state index >= 15 is 0 Å². The molecule has 1 aliphatic rings. The number of nitrogens with zero attached hydrogens (tertiary/aromatic N) is 1. The molecule has 0 spiro atoms. The van der Waals surface area contributed by atoms with E-state index in [1.807, 2.05) is 0 Å². The zero-order valence-corrected chi connectivity index (χ0v) is 14.7. The Labute approximate surface area is 130 Å². The van der Waals surface area contributed by atoms with Crippen molar-refractivity contribution in [2.75, 3.05) is 26.2 Å². The molecule has 5 nitrogen and oxygen atoms in total. The summed E-state index contributed by atoms with van der Waals surface area (Å²) < 4.78 is 29.2. The third kappa shape index (κ3) is 6.63. The van der Waals surface area contributed by atoms with Gasteiger partial charge >= 0.3 is 0 Å². The molecule has 126 valence electrons. The maximum Gasteiger partial charge on any atom is 0.279 e. The molecule has 0 saturated carbocycles. The highest BCUT2D eigenvalue weighted by Crippen LogP contribution is 2.24. The highest BCUT2D eigenvalue weighted by molar-refractivity contribution is 7.87. The predicted octanol–water partition coefficient (Wildman–Crippen LogP) is 2.10. The van der Waals surface area contributed by atoms with Gasteiger partial charge in [0.15, 0.2) is 0 Å². The van der Waals surface area contributed by atoms with Crippen molar-refractivity contribution in [3.63, 3.8) is 0 Å². The lowest BCUT2D eigenvalue weighted by atomic mass is 9.87. The van der Waals surface area contributed by atoms with Crippen LogP contribution < -0.4 is 10.5 Å². The Bertz CT molecular complexity index is 396. The van der Waals surface area contributed by atoms with Crippen molar-refractivity contribution >= 4 is 10.2 Å². The minimum absolute atomic E-state index is 0.00525. The molecular weight excluding hydrogens is 286 g/mol. The number of piperidine rings is 1. The van der Waals surface area contributed by atoms with Gasteiger partial charge in [-0.05, 0) is 37.1 Å². The van der Waals surface area contributed by atoms with Gasteiger partial charge in [0, 0.05) is 19.6 Å². The smallest absolute Gasteiger partial charge is 0.279 e. The van der Waals surface area contributed by atoms with Crippen LogP contribution in [0.5, 0.6) is 0 Å². The molecule has 0 aromatic heterocycles. The fraction of sp³-hybridized carbons (Fsp3) is 1.00. The number of rotatable bonds is 9. The van der Waals surface area contributed by atoms with Gasteiger partial charge in [-0.1, -0.05) is 40.0 Å². The van der Waals surface area contributed by atoms with Gasteiger partial charge in [-0.3, -0.25) is 0 Å². The second-order valence-corrected chi connectivity index (χ2v) is 8.80. The van der Waals surface area contributed by atoms with Gasteiger partial charge in [-0.15, -0.1) is 0 Å². The zero-order valence-electron chi connectivity index (χ0n) is 13.9. The molecule has 1 heterocycles. The maximum atomic E-state index is 12.4. The van der Waals surface area contributed by atoms with Crippen LogP contribution in [0.2, 0.25) is 0 Å². The van der Waals surface area contributed by atoms with E-state index in [9.17, 15) is 8.42 Å². The molecule has 1 saturated heterocycles. The van der Waals surface area contributed by atoms with Crippen molar-refractivity contribution in [3.8, 4) is 0 Å². The topological polar surface area (TPSA) is 75.4 Å². The van der Waals surface area contributed by atoms with Crippen LogP contribution in [0, 0.1) is 11.3 Å². The first kappa shape index (κ1) is 18.9. The summed E-state index contributed by atoms with van der Waals surface area (Å²) in [5, 5.41) is 0. The van der Waals surface area contributed by atoms with E-state index in [0.29, 0.717) is 32.1 Å². The number of nitrogens with one attached hydrogen (secondary N) is 1. The van der Waals surface area contributed by atoms with Crippen LogP contribution in [0.3, 0.4) is 0 Å². The van der Waals surface area contributed by atoms with Crippen LogP contribution in [0.1, 0.15) is 59.3 Å². The van der Waals surface area contributed by atoms with E-state index in [2.05, 4.69) is 25.5 Å². The molecule has 0 aliphatic carbocycles. The summed E-state index contributed by atoms with van der Waals surface area (Å²) in [6, 6.07) is 0. The lowest BCUT2D eigenvalue weighted by Crippen LogP contribution is -2.49. The van der Waals surface area contributed by atoms with Crippen molar-refractivity contribution in [1.29, 1.82) is 0 Å². The fourth-order valence-corrected chi connectivity index (χ4v) is 4.29. The first-order chi connectivity index (χ1) is 9.80. The highest BCUT2D eigenvalue weighted by Gasteiger charge is 2.29. The average Bonchev–Trinajstić information content (AvgIpc) is 2.46. The summed E-state index contributed by atoms with van der Waals surface area (Å²) in [5.41, 5.74) is 5.68. The van der Waals surface area contributed by atoms with Crippen LogP contribution in [-0.4, -0.2) is 38.9 Å². The molecule has 0 bridgehead atoms. The van der Waals surface area contributed by atoms with Gasteiger partial charge < -0.3 is 5.73 Å². The summed E-state index contributed by atoms with van der Waals surface area (Å²) in [5.74, 6) is 0.299. The Morgan fingerprint density at radius 1 is 1.33 bits per heavy atom. The second kappa shape index (κ2) is 8.46. The molecule has 0 radical (unpaired) electrons. The summed E-state index contributed by atoms with van der Waals surface area (Å²) in [6.45, 7) is 8.68. The van der Waals surface area contributed by atoms with Crippen LogP contribution in [-0.2, 0) is 10.2 Å². The molecule has 1 unspecified atom stereocenters. The molecule has 0 aromatic carbocycles. The molecular formula is C15H33N3O2S. The maximum absolute atomic E-state index is 12.4. The quantitative estimate of drug-likeness (QED) is 0.639. The van der Waals surface area contributed by atoms with Gasteiger partial charge in [0.05, 0.1) is 0 Å². The van der Waals surface area contributed by atoms with Gasteiger partial charge in [0.1, 0.15) is 0 Å². The normalized spacial score (nSPS) is 21.6. The summed E-state index contributed by atoms with van der Waals surface area (Å²) >= 11 is 0. The van der Waals surface area contributed by atoms with E-state index in [1.165, 1.54) is 12.8 Å². The van der Waals surface area contributed by atoms with E-state index < -0.39 is 10.2 Å². The molecule has 3 N–H and O–H groups in total. The van der Waals surface area contributed by atoms with Gasteiger partial charge in [0.25, 0.3) is 10.2 Å². The number of nitrogens with two attached hydrogens (primary N) is 1. The van der Waals surface area contributed by atoms with Crippen LogP contribution in [0.25, 0.3) is 0 Å². The van der Waals surface area contributed by atoms with Crippen molar-refractivity contribution in [1.82, 2.24) is 9.03 Å².